The number of nitrogens with one attached hydrogen (secondary N) is 1. The first-order chi connectivity index (χ1) is 11.1. The molecule has 0 radical (unpaired) electrons. The fourth-order valence-corrected chi connectivity index (χ4v) is 3.62. The number of carbonyl (C=O) groups is 1. The normalized spacial score (nSPS) is 17.4. The number of ether oxygens (including phenoxy) is 1. The van der Waals surface area contributed by atoms with Crippen LogP contribution in [-0.2, 0) is 16.0 Å². The molecule has 3 rings (SSSR count). The number of aromatic nitrogens is 1. The summed E-state index contributed by atoms with van der Waals surface area (Å²) < 4.78 is 18.5. The van der Waals surface area contributed by atoms with Crippen LogP contribution in [0, 0.1) is 12.7 Å². The molecule has 1 N–H and O–H groups in total. The van der Waals surface area contributed by atoms with E-state index >= 15 is 0 Å². The molecule has 0 saturated carbocycles. The SMILES string of the molecule is Cc1nc(-c2ccc(F)cc2)sc1CC(=O)NCC1CCCO1. The van der Waals surface area contributed by atoms with Crippen LogP contribution in [0.4, 0.5) is 4.39 Å². The van der Waals surface area contributed by atoms with Gasteiger partial charge in [-0.1, -0.05) is 0 Å². The molecule has 1 aliphatic rings. The van der Waals surface area contributed by atoms with E-state index in [4.69, 9.17) is 4.74 Å². The number of hydrogen-bond acceptors (Lipinski definition) is 4. The Labute approximate surface area is 138 Å². The van der Waals surface area contributed by atoms with Gasteiger partial charge in [0.05, 0.1) is 18.2 Å². The Morgan fingerprint density at radius 2 is 2.22 bits per heavy atom. The molecule has 2 heterocycles. The van der Waals surface area contributed by atoms with Crippen LogP contribution in [0.5, 0.6) is 0 Å². The first-order valence-electron chi connectivity index (χ1n) is 7.72. The van der Waals surface area contributed by atoms with Gasteiger partial charge in [-0.15, -0.1) is 11.3 Å². The van der Waals surface area contributed by atoms with Crippen molar-refractivity contribution in [1.82, 2.24) is 10.3 Å². The number of benzene rings is 1. The molecule has 0 aliphatic carbocycles. The van der Waals surface area contributed by atoms with Crippen LogP contribution in [0.15, 0.2) is 24.3 Å². The van der Waals surface area contributed by atoms with Gasteiger partial charge in [0.25, 0.3) is 0 Å². The number of halogens is 1. The summed E-state index contributed by atoms with van der Waals surface area (Å²) in [6.07, 6.45) is 2.54. The van der Waals surface area contributed by atoms with E-state index in [1.54, 1.807) is 12.1 Å². The summed E-state index contributed by atoms with van der Waals surface area (Å²) in [5, 5.41) is 3.73. The molecule has 6 heteroatoms. The first kappa shape index (κ1) is 16.1. The monoisotopic (exact) mass is 334 g/mol. The van der Waals surface area contributed by atoms with Crippen molar-refractivity contribution in [3.63, 3.8) is 0 Å². The van der Waals surface area contributed by atoms with Gasteiger partial charge in [0.2, 0.25) is 5.91 Å². The molecule has 0 spiro atoms. The average molecular weight is 334 g/mol. The summed E-state index contributed by atoms with van der Waals surface area (Å²) in [6, 6.07) is 6.24. The third-order valence-corrected chi connectivity index (χ3v) is 5.06. The van der Waals surface area contributed by atoms with E-state index in [1.807, 2.05) is 6.92 Å². The van der Waals surface area contributed by atoms with Crippen LogP contribution in [0.1, 0.15) is 23.4 Å². The molecule has 1 atom stereocenters. The van der Waals surface area contributed by atoms with Crippen molar-refractivity contribution in [2.45, 2.75) is 32.3 Å². The van der Waals surface area contributed by atoms with E-state index < -0.39 is 0 Å². The molecule has 1 aromatic carbocycles. The van der Waals surface area contributed by atoms with Crippen molar-refractivity contribution >= 4 is 17.2 Å². The first-order valence-corrected chi connectivity index (χ1v) is 8.54. The van der Waals surface area contributed by atoms with Gasteiger partial charge in [-0.05, 0) is 44.0 Å². The van der Waals surface area contributed by atoms with Gasteiger partial charge in [-0.2, -0.15) is 0 Å². The molecule has 1 aromatic heterocycles. The maximum Gasteiger partial charge on any atom is 0.225 e. The summed E-state index contributed by atoms with van der Waals surface area (Å²) in [6.45, 7) is 3.25. The van der Waals surface area contributed by atoms with E-state index in [0.29, 0.717) is 13.0 Å². The molecule has 23 heavy (non-hydrogen) atoms. The summed E-state index contributed by atoms with van der Waals surface area (Å²) in [5.74, 6) is -0.284. The summed E-state index contributed by atoms with van der Waals surface area (Å²) in [5.41, 5.74) is 1.71. The third-order valence-electron chi connectivity index (χ3n) is 3.86. The predicted octanol–water partition coefficient (Wildman–Crippen LogP) is 3.10. The van der Waals surface area contributed by atoms with Crippen molar-refractivity contribution in [3.05, 3.63) is 40.7 Å². The van der Waals surface area contributed by atoms with Crippen molar-refractivity contribution in [1.29, 1.82) is 0 Å². The zero-order chi connectivity index (χ0) is 16.2. The number of hydrogen-bond donors (Lipinski definition) is 1. The van der Waals surface area contributed by atoms with E-state index in [9.17, 15) is 9.18 Å². The van der Waals surface area contributed by atoms with Crippen LogP contribution in [0.25, 0.3) is 10.6 Å². The van der Waals surface area contributed by atoms with Gasteiger partial charge >= 0.3 is 0 Å². The zero-order valence-corrected chi connectivity index (χ0v) is 13.8. The van der Waals surface area contributed by atoms with E-state index in [2.05, 4.69) is 10.3 Å². The van der Waals surface area contributed by atoms with Crippen molar-refractivity contribution in [2.24, 2.45) is 0 Å². The van der Waals surface area contributed by atoms with Crippen LogP contribution >= 0.6 is 11.3 Å². The van der Waals surface area contributed by atoms with E-state index in [0.717, 1.165) is 40.6 Å². The van der Waals surface area contributed by atoms with E-state index in [-0.39, 0.29) is 17.8 Å². The molecule has 1 fully saturated rings. The standard InChI is InChI=1S/C17H19FN2O2S/c1-11-15(9-16(21)19-10-14-3-2-8-22-14)23-17(20-11)12-4-6-13(18)7-5-12/h4-7,14H,2-3,8-10H2,1H3,(H,19,21). The minimum Gasteiger partial charge on any atom is -0.376 e. The summed E-state index contributed by atoms with van der Waals surface area (Å²) >= 11 is 1.48. The van der Waals surface area contributed by atoms with Crippen LogP contribution in [0.2, 0.25) is 0 Å². The lowest BCUT2D eigenvalue weighted by Crippen LogP contribution is -2.32. The minimum atomic E-state index is -0.268. The van der Waals surface area contributed by atoms with Crippen molar-refractivity contribution < 1.29 is 13.9 Å². The van der Waals surface area contributed by atoms with Crippen LogP contribution in [-0.4, -0.2) is 30.1 Å². The van der Waals surface area contributed by atoms with Gasteiger partial charge in [0.1, 0.15) is 10.8 Å². The fraction of sp³-hybridized carbons (Fsp3) is 0.412. The Morgan fingerprint density at radius 3 is 2.91 bits per heavy atom. The van der Waals surface area contributed by atoms with Gasteiger partial charge in [0, 0.05) is 23.6 Å². The molecule has 4 nitrogen and oxygen atoms in total. The minimum absolute atomic E-state index is 0.0158. The predicted molar refractivity (Wildman–Crippen MR) is 87.9 cm³/mol. The largest absolute Gasteiger partial charge is 0.376 e. The lowest BCUT2D eigenvalue weighted by molar-refractivity contribution is -0.120. The number of amides is 1. The molecule has 1 saturated heterocycles. The van der Waals surface area contributed by atoms with Crippen molar-refractivity contribution in [2.75, 3.05) is 13.2 Å². The highest BCUT2D eigenvalue weighted by Crippen LogP contribution is 2.28. The second-order valence-corrected chi connectivity index (χ2v) is 6.73. The highest BCUT2D eigenvalue weighted by molar-refractivity contribution is 7.15. The molecule has 2 aromatic rings. The number of aryl methyl sites for hydroxylation is 1. The summed E-state index contributed by atoms with van der Waals surface area (Å²) in [7, 11) is 0. The van der Waals surface area contributed by atoms with Crippen LogP contribution in [0.3, 0.4) is 0 Å². The number of rotatable bonds is 5. The Kier molecular flexibility index (Phi) is 5.03. The smallest absolute Gasteiger partial charge is 0.225 e. The molecule has 1 aliphatic heterocycles. The van der Waals surface area contributed by atoms with E-state index in [1.165, 1.54) is 23.5 Å². The molecule has 0 bridgehead atoms. The Bertz CT molecular complexity index is 678. The highest BCUT2D eigenvalue weighted by atomic mass is 32.1. The maximum atomic E-state index is 13.0. The zero-order valence-electron chi connectivity index (χ0n) is 13.0. The quantitative estimate of drug-likeness (QED) is 0.914. The lowest BCUT2D eigenvalue weighted by atomic mass is 10.2. The second kappa shape index (κ2) is 7.19. The Morgan fingerprint density at radius 1 is 1.43 bits per heavy atom. The molecule has 1 amide bonds. The summed E-state index contributed by atoms with van der Waals surface area (Å²) in [4.78, 5) is 17.5. The highest BCUT2D eigenvalue weighted by Gasteiger charge is 2.17. The van der Waals surface area contributed by atoms with Gasteiger partial charge in [-0.25, -0.2) is 9.37 Å². The van der Waals surface area contributed by atoms with Gasteiger partial charge in [0.15, 0.2) is 0 Å². The fourth-order valence-electron chi connectivity index (χ4n) is 2.55. The number of thiazole rings is 1. The Balaban J connectivity index is 1.61. The molecular formula is C17H19FN2O2S. The molecule has 1 unspecified atom stereocenters. The average Bonchev–Trinajstić information content (AvgIpc) is 3.17. The second-order valence-electron chi connectivity index (χ2n) is 5.65. The number of nitrogens with zero attached hydrogens (tertiary/aromatic N) is 1. The molecular weight excluding hydrogens is 315 g/mol. The molecule has 122 valence electrons. The number of carbonyl (C=O) groups excluding carboxylic acids is 1. The Hall–Kier alpha value is -1.79. The van der Waals surface area contributed by atoms with Gasteiger partial charge in [-0.3, -0.25) is 4.79 Å². The topological polar surface area (TPSA) is 51.2 Å². The van der Waals surface area contributed by atoms with Crippen LogP contribution < -0.4 is 5.32 Å². The lowest BCUT2D eigenvalue weighted by Gasteiger charge is -2.10. The maximum absolute atomic E-state index is 13.0. The van der Waals surface area contributed by atoms with Crippen molar-refractivity contribution in [3.8, 4) is 10.6 Å². The van der Waals surface area contributed by atoms with Gasteiger partial charge < -0.3 is 10.1 Å². The third kappa shape index (κ3) is 4.14.